The van der Waals surface area contributed by atoms with Crippen LogP contribution in [0.15, 0.2) is 42.6 Å². The van der Waals surface area contributed by atoms with Crippen LogP contribution in [-0.4, -0.2) is 16.4 Å². The average Bonchev–Trinajstić information content (AvgIpc) is 3.47. The molecule has 1 aliphatic rings. The first kappa shape index (κ1) is 23.2. The van der Waals surface area contributed by atoms with Crippen molar-refractivity contribution in [1.29, 1.82) is 0 Å². The summed E-state index contributed by atoms with van der Waals surface area (Å²) in [7, 11) is 0. The first-order valence-electron chi connectivity index (χ1n) is 10.9. The summed E-state index contributed by atoms with van der Waals surface area (Å²) in [6.45, 7) is 7.76. The molecule has 4 rings (SSSR count). The van der Waals surface area contributed by atoms with Crippen molar-refractivity contribution in [3.8, 4) is 11.1 Å². The third kappa shape index (κ3) is 5.31. The summed E-state index contributed by atoms with van der Waals surface area (Å²) < 4.78 is 61.4. The van der Waals surface area contributed by atoms with Gasteiger partial charge in [-0.05, 0) is 54.0 Å². The van der Waals surface area contributed by atoms with Crippen LogP contribution in [-0.2, 0) is 19.1 Å². The van der Waals surface area contributed by atoms with E-state index < -0.39 is 17.6 Å². The summed E-state index contributed by atoms with van der Waals surface area (Å²) in [6, 6.07) is 8.16. The summed E-state index contributed by atoms with van der Waals surface area (Å²) in [5.41, 5.74) is 0.746. The zero-order valence-electron chi connectivity index (χ0n) is 18.5. The molecule has 172 valence electrons. The summed E-state index contributed by atoms with van der Waals surface area (Å²) >= 11 is 1.75. The molecule has 0 aliphatic heterocycles. The molecule has 1 heterocycles. The Balaban J connectivity index is 1.76. The van der Waals surface area contributed by atoms with Crippen LogP contribution in [0.3, 0.4) is 0 Å². The topological polar surface area (TPSA) is 17.0 Å². The number of hydrogen-bond donors (Lipinski definition) is 1. The second-order valence-electron chi connectivity index (χ2n) is 9.70. The van der Waals surface area contributed by atoms with E-state index in [0.29, 0.717) is 11.8 Å². The molecule has 32 heavy (non-hydrogen) atoms. The lowest BCUT2D eigenvalue weighted by Crippen LogP contribution is -2.14. The molecular weight excluding hydrogens is 436 g/mol. The monoisotopic (exact) mass is 464 g/mol. The summed E-state index contributed by atoms with van der Waals surface area (Å²) in [6.07, 6.45) is 0.691. The minimum Gasteiger partial charge on any atom is -0.347 e. The first-order valence-corrected chi connectivity index (χ1v) is 11.8. The summed E-state index contributed by atoms with van der Waals surface area (Å²) in [5, 5.41) is 1.46. The van der Waals surface area contributed by atoms with E-state index in [0.717, 1.165) is 35.5 Å². The van der Waals surface area contributed by atoms with Gasteiger partial charge in [-0.1, -0.05) is 50.9 Å². The first-order chi connectivity index (χ1) is 15.0. The average molecular weight is 465 g/mol. The molecule has 3 aromatic rings. The maximum absolute atomic E-state index is 15.2. The number of halogens is 4. The molecule has 0 spiro atoms. The van der Waals surface area contributed by atoms with Crippen LogP contribution >= 0.6 is 11.9 Å². The second-order valence-corrected chi connectivity index (χ2v) is 10.9. The van der Waals surface area contributed by atoms with Crippen LogP contribution in [0, 0.1) is 11.2 Å². The molecule has 0 amide bonds. The molecule has 7 heteroatoms. The van der Waals surface area contributed by atoms with E-state index >= 15 is 4.39 Å². The van der Waals surface area contributed by atoms with Gasteiger partial charge in [0.15, 0.2) is 0 Å². The van der Waals surface area contributed by atoms with Crippen molar-refractivity contribution in [2.24, 2.45) is 5.41 Å². The molecular formula is C25H28F4N2S. The van der Waals surface area contributed by atoms with Crippen LogP contribution < -0.4 is 4.72 Å². The Morgan fingerprint density at radius 2 is 1.78 bits per heavy atom. The Labute approximate surface area is 190 Å². The highest BCUT2D eigenvalue weighted by Crippen LogP contribution is 2.40. The molecule has 0 saturated heterocycles. The van der Waals surface area contributed by atoms with Gasteiger partial charge in [0.05, 0.1) is 5.56 Å². The van der Waals surface area contributed by atoms with Crippen molar-refractivity contribution in [2.45, 2.75) is 58.0 Å². The zero-order chi connectivity index (χ0) is 23.1. The van der Waals surface area contributed by atoms with Crippen molar-refractivity contribution in [2.75, 3.05) is 6.54 Å². The number of hydrogen-bond acceptors (Lipinski definition) is 2. The highest BCUT2D eigenvalue weighted by Gasteiger charge is 2.34. The molecule has 1 N–H and O–H groups in total. The highest BCUT2D eigenvalue weighted by molar-refractivity contribution is 7.98. The predicted molar refractivity (Wildman–Crippen MR) is 124 cm³/mol. The number of fused-ring (bicyclic) bond motifs is 1. The molecule has 1 aromatic heterocycles. The van der Waals surface area contributed by atoms with E-state index in [2.05, 4.69) is 30.1 Å². The van der Waals surface area contributed by atoms with Crippen LogP contribution in [0.4, 0.5) is 17.6 Å². The van der Waals surface area contributed by atoms with E-state index in [1.165, 1.54) is 37.1 Å². The van der Waals surface area contributed by atoms with E-state index in [1.54, 1.807) is 18.0 Å². The Hall–Kier alpha value is -1.99. The van der Waals surface area contributed by atoms with Crippen LogP contribution in [0.5, 0.6) is 0 Å². The molecule has 2 nitrogen and oxygen atoms in total. The highest BCUT2D eigenvalue weighted by atomic mass is 32.2. The molecule has 0 radical (unpaired) electrons. The standard InChI is InChI=1S/C25H28F4N2S/c1-24(2,3)15-31-14-16(10-11-30-32-17-8-9-17)19-12-22(26)20(13-23(19)31)18-6-4-5-7-21(18)25(27,28)29/h4-7,12-14,17,30H,8-11,15H2,1-3H3. The van der Waals surface area contributed by atoms with Crippen molar-refractivity contribution < 1.29 is 17.6 Å². The second kappa shape index (κ2) is 8.75. The molecule has 2 aromatic carbocycles. The van der Waals surface area contributed by atoms with Gasteiger partial charge in [-0.3, -0.25) is 4.72 Å². The van der Waals surface area contributed by atoms with E-state index in [1.807, 2.05) is 6.20 Å². The van der Waals surface area contributed by atoms with Gasteiger partial charge in [0, 0.05) is 41.0 Å². The Morgan fingerprint density at radius 1 is 1.06 bits per heavy atom. The molecule has 1 fully saturated rings. The Bertz CT molecular complexity index is 1110. The van der Waals surface area contributed by atoms with Gasteiger partial charge in [-0.15, -0.1) is 0 Å². The summed E-state index contributed by atoms with van der Waals surface area (Å²) in [4.78, 5) is 0. The fourth-order valence-electron chi connectivity index (χ4n) is 3.94. The number of aromatic nitrogens is 1. The number of nitrogens with one attached hydrogen (secondary N) is 1. The lowest BCUT2D eigenvalue weighted by molar-refractivity contribution is -0.137. The number of nitrogens with zero attached hydrogens (tertiary/aromatic N) is 1. The third-order valence-corrected chi connectivity index (χ3v) is 6.67. The minimum atomic E-state index is -4.55. The Morgan fingerprint density at radius 3 is 2.44 bits per heavy atom. The lowest BCUT2D eigenvalue weighted by Gasteiger charge is -2.20. The zero-order valence-corrected chi connectivity index (χ0v) is 19.3. The number of alkyl halides is 3. The van der Waals surface area contributed by atoms with Gasteiger partial charge in [-0.25, -0.2) is 4.39 Å². The van der Waals surface area contributed by atoms with Crippen molar-refractivity contribution in [3.63, 3.8) is 0 Å². The van der Waals surface area contributed by atoms with E-state index in [9.17, 15) is 13.2 Å². The molecule has 0 atom stereocenters. The van der Waals surface area contributed by atoms with Crippen LogP contribution in [0.1, 0.15) is 44.7 Å². The van der Waals surface area contributed by atoms with Crippen LogP contribution in [0.2, 0.25) is 0 Å². The maximum Gasteiger partial charge on any atom is 0.417 e. The number of benzene rings is 2. The fraction of sp³-hybridized carbons (Fsp3) is 0.440. The van der Waals surface area contributed by atoms with Crippen LogP contribution in [0.25, 0.3) is 22.0 Å². The number of rotatable bonds is 7. The SMILES string of the molecule is CC(C)(C)Cn1cc(CCNSC2CC2)c2cc(F)c(-c3ccccc3C(F)(F)F)cc21. The minimum absolute atomic E-state index is 0.0207. The van der Waals surface area contributed by atoms with E-state index in [-0.39, 0.29) is 16.5 Å². The van der Waals surface area contributed by atoms with Crippen molar-refractivity contribution >= 4 is 22.9 Å². The van der Waals surface area contributed by atoms with Gasteiger partial charge >= 0.3 is 6.18 Å². The van der Waals surface area contributed by atoms with Gasteiger partial charge in [0.2, 0.25) is 0 Å². The molecule has 0 bridgehead atoms. The van der Waals surface area contributed by atoms with Gasteiger partial charge in [-0.2, -0.15) is 13.2 Å². The van der Waals surface area contributed by atoms with E-state index in [4.69, 9.17) is 0 Å². The maximum atomic E-state index is 15.2. The lowest BCUT2D eigenvalue weighted by atomic mass is 9.96. The van der Waals surface area contributed by atoms with Gasteiger partial charge in [0.25, 0.3) is 0 Å². The smallest absolute Gasteiger partial charge is 0.347 e. The summed E-state index contributed by atoms with van der Waals surface area (Å²) in [5.74, 6) is -0.635. The Kier molecular flexibility index (Phi) is 6.34. The molecule has 1 aliphatic carbocycles. The molecule has 0 unspecified atom stereocenters. The third-order valence-electron chi connectivity index (χ3n) is 5.49. The normalized spacial score (nSPS) is 15.0. The predicted octanol–water partition coefficient (Wildman–Crippen LogP) is 7.46. The van der Waals surface area contributed by atoms with Crippen molar-refractivity contribution in [3.05, 3.63) is 59.5 Å². The quantitative estimate of drug-likeness (QED) is 0.222. The van der Waals surface area contributed by atoms with Gasteiger partial charge < -0.3 is 4.57 Å². The van der Waals surface area contributed by atoms with Gasteiger partial charge in [0.1, 0.15) is 5.82 Å². The van der Waals surface area contributed by atoms with Crippen molar-refractivity contribution in [1.82, 2.24) is 9.29 Å². The largest absolute Gasteiger partial charge is 0.417 e. The molecule has 1 saturated carbocycles. The fourth-order valence-corrected chi connectivity index (χ4v) is 4.77.